The highest BCUT2D eigenvalue weighted by molar-refractivity contribution is 5.10. The van der Waals surface area contributed by atoms with Crippen LogP contribution in [0.3, 0.4) is 0 Å². The molecule has 0 spiro atoms. The minimum atomic E-state index is 1.03. The Bertz CT molecular complexity index is 433. The SMILES string of the molecule is CCc1cccc(C)n1.CCc1cccc(C)n1. The quantitative estimate of drug-likeness (QED) is 0.798. The highest BCUT2D eigenvalue weighted by Crippen LogP contribution is 1.97. The third-order valence-electron chi connectivity index (χ3n) is 2.62. The summed E-state index contributed by atoms with van der Waals surface area (Å²) < 4.78 is 0. The van der Waals surface area contributed by atoms with Crippen molar-refractivity contribution in [1.29, 1.82) is 0 Å². The van der Waals surface area contributed by atoms with E-state index in [2.05, 4.69) is 23.8 Å². The molecule has 18 heavy (non-hydrogen) atoms. The lowest BCUT2D eigenvalue weighted by molar-refractivity contribution is 1.01. The van der Waals surface area contributed by atoms with Crippen LogP contribution in [-0.4, -0.2) is 9.97 Å². The first kappa shape index (κ1) is 14.4. The van der Waals surface area contributed by atoms with Gasteiger partial charge in [0.1, 0.15) is 0 Å². The van der Waals surface area contributed by atoms with Gasteiger partial charge in [0.25, 0.3) is 0 Å². The zero-order valence-electron chi connectivity index (χ0n) is 11.8. The van der Waals surface area contributed by atoms with Crippen LogP contribution in [0.25, 0.3) is 0 Å². The number of nitrogens with zero attached hydrogens (tertiary/aromatic N) is 2. The molecule has 0 aliphatic carbocycles. The van der Waals surface area contributed by atoms with E-state index in [-0.39, 0.29) is 0 Å². The Morgan fingerprint density at radius 3 is 1.33 bits per heavy atom. The lowest BCUT2D eigenvalue weighted by Gasteiger charge is -1.94. The van der Waals surface area contributed by atoms with Crippen LogP contribution in [0.2, 0.25) is 0 Å². The average Bonchev–Trinajstić information content (AvgIpc) is 2.39. The van der Waals surface area contributed by atoms with E-state index in [1.807, 2.05) is 50.2 Å². The summed E-state index contributed by atoms with van der Waals surface area (Å²) in [6.07, 6.45) is 2.06. The van der Waals surface area contributed by atoms with Crippen molar-refractivity contribution in [1.82, 2.24) is 9.97 Å². The van der Waals surface area contributed by atoms with Crippen LogP contribution in [0.4, 0.5) is 0 Å². The fraction of sp³-hybridized carbons (Fsp3) is 0.375. The van der Waals surface area contributed by atoms with Gasteiger partial charge >= 0.3 is 0 Å². The Kier molecular flexibility index (Phi) is 6.06. The molecule has 0 bridgehead atoms. The van der Waals surface area contributed by atoms with Crippen molar-refractivity contribution < 1.29 is 0 Å². The molecule has 0 amide bonds. The molecule has 0 fully saturated rings. The van der Waals surface area contributed by atoms with Gasteiger partial charge in [-0.1, -0.05) is 26.0 Å². The number of pyridine rings is 2. The van der Waals surface area contributed by atoms with Gasteiger partial charge < -0.3 is 0 Å². The second-order valence-corrected chi connectivity index (χ2v) is 4.25. The molecular formula is C16H22N2. The van der Waals surface area contributed by atoms with E-state index in [0.29, 0.717) is 0 Å². The molecule has 2 aromatic rings. The molecule has 2 aromatic heterocycles. The molecule has 2 nitrogen and oxygen atoms in total. The smallest absolute Gasteiger partial charge is 0.0404 e. The van der Waals surface area contributed by atoms with Crippen molar-refractivity contribution in [3.8, 4) is 0 Å². The van der Waals surface area contributed by atoms with Crippen molar-refractivity contribution in [3.05, 3.63) is 59.2 Å². The molecule has 2 rings (SSSR count). The van der Waals surface area contributed by atoms with Crippen LogP contribution in [0.5, 0.6) is 0 Å². The van der Waals surface area contributed by atoms with E-state index < -0.39 is 0 Å². The van der Waals surface area contributed by atoms with Crippen LogP contribution in [-0.2, 0) is 12.8 Å². The summed E-state index contributed by atoms with van der Waals surface area (Å²) in [6, 6.07) is 12.2. The molecule has 2 heteroatoms. The molecule has 0 aromatic carbocycles. The van der Waals surface area contributed by atoms with E-state index in [4.69, 9.17) is 0 Å². The van der Waals surface area contributed by atoms with Crippen LogP contribution >= 0.6 is 0 Å². The summed E-state index contributed by atoms with van der Waals surface area (Å²) >= 11 is 0. The minimum absolute atomic E-state index is 1.03. The van der Waals surface area contributed by atoms with Crippen LogP contribution in [0, 0.1) is 13.8 Å². The average molecular weight is 242 g/mol. The van der Waals surface area contributed by atoms with E-state index in [9.17, 15) is 0 Å². The zero-order valence-corrected chi connectivity index (χ0v) is 11.8. The highest BCUT2D eigenvalue weighted by Gasteiger charge is 1.88. The molecule has 0 radical (unpaired) electrons. The van der Waals surface area contributed by atoms with Gasteiger partial charge in [0.2, 0.25) is 0 Å². The first-order chi connectivity index (χ1) is 8.65. The van der Waals surface area contributed by atoms with Crippen molar-refractivity contribution in [2.75, 3.05) is 0 Å². The van der Waals surface area contributed by atoms with Crippen LogP contribution in [0.15, 0.2) is 36.4 Å². The Hall–Kier alpha value is -1.70. The Labute approximate surface area is 110 Å². The van der Waals surface area contributed by atoms with Gasteiger partial charge in [0.05, 0.1) is 0 Å². The largest absolute Gasteiger partial charge is 0.258 e. The second-order valence-electron chi connectivity index (χ2n) is 4.25. The third-order valence-corrected chi connectivity index (χ3v) is 2.62. The number of hydrogen-bond acceptors (Lipinski definition) is 2. The van der Waals surface area contributed by atoms with Crippen molar-refractivity contribution in [2.24, 2.45) is 0 Å². The fourth-order valence-corrected chi connectivity index (χ4v) is 1.59. The Morgan fingerprint density at radius 1 is 0.722 bits per heavy atom. The monoisotopic (exact) mass is 242 g/mol. The van der Waals surface area contributed by atoms with Crippen molar-refractivity contribution in [2.45, 2.75) is 40.5 Å². The highest BCUT2D eigenvalue weighted by atomic mass is 14.7. The van der Waals surface area contributed by atoms with E-state index in [1.165, 1.54) is 11.4 Å². The van der Waals surface area contributed by atoms with E-state index >= 15 is 0 Å². The van der Waals surface area contributed by atoms with Crippen LogP contribution < -0.4 is 0 Å². The lowest BCUT2D eigenvalue weighted by atomic mass is 10.3. The maximum absolute atomic E-state index is 4.29. The summed E-state index contributed by atoms with van der Waals surface area (Å²) in [7, 11) is 0. The number of aromatic nitrogens is 2. The third kappa shape index (κ3) is 5.09. The molecule has 0 saturated carbocycles. The Morgan fingerprint density at radius 2 is 1.11 bits per heavy atom. The standard InChI is InChI=1S/2C8H11N/c2*1-3-8-6-4-5-7(2)9-8/h2*4-6H,3H2,1-2H3. The molecular weight excluding hydrogens is 220 g/mol. The first-order valence-electron chi connectivity index (χ1n) is 6.50. The molecule has 0 saturated heterocycles. The van der Waals surface area contributed by atoms with E-state index in [1.54, 1.807) is 0 Å². The summed E-state index contributed by atoms with van der Waals surface area (Å²) in [5.74, 6) is 0. The predicted octanol–water partition coefficient (Wildman–Crippen LogP) is 3.90. The van der Waals surface area contributed by atoms with Crippen LogP contribution in [0.1, 0.15) is 36.6 Å². The van der Waals surface area contributed by atoms with Crippen molar-refractivity contribution >= 4 is 0 Å². The number of hydrogen-bond donors (Lipinski definition) is 0. The van der Waals surface area contributed by atoms with Gasteiger partial charge in [-0.25, -0.2) is 0 Å². The molecule has 0 unspecified atom stereocenters. The van der Waals surface area contributed by atoms with Gasteiger partial charge in [-0.3, -0.25) is 9.97 Å². The van der Waals surface area contributed by atoms with Gasteiger partial charge in [0.15, 0.2) is 0 Å². The summed E-state index contributed by atoms with van der Waals surface area (Å²) in [4.78, 5) is 8.58. The number of rotatable bonds is 2. The number of aryl methyl sites for hydroxylation is 4. The molecule has 0 N–H and O–H groups in total. The zero-order chi connectivity index (χ0) is 13.4. The molecule has 0 aliphatic rings. The molecule has 2 heterocycles. The fourth-order valence-electron chi connectivity index (χ4n) is 1.59. The van der Waals surface area contributed by atoms with E-state index in [0.717, 1.165) is 24.2 Å². The van der Waals surface area contributed by atoms with Gasteiger partial charge in [-0.15, -0.1) is 0 Å². The predicted molar refractivity (Wildman–Crippen MR) is 76.7 cm³/mol. The molecule has 0 atom stereocenters. The van der Waals surface area contributed by atoms with Crippen molar-refractivity contribution in [3.63, 3.8) is 0 Å². The van der Waals surface area contributed by atoms with Gasteiger partial charge in [-0.2, -0.15) is 0 Å². The first-order valence-corrected chi connectivity index (χ1v) is 6.50. The minimum Gasteiger partial charge on any atom is -0.258 e. The normalized spacial score (nSPS) is 9.56. The summed E-state index contributed by atoms with van der Waals surface area (Å²) in [5, 5.41) is 0. The summed E-state index contributed by atoms with van der Waals surface area (Å²) in [5.41, 5.74) is 4.56. The summed E-state index contributed by atoms with van der Waals surface area (Å²) in [6.45, 7) is 8.25. The Balaban J connectivity index is 0.000000180. The van der Waals surface area contributed by atoms with Gasteiger partial charge in [0, 0.05) is 22.8 Å². The second kappa shape index (κ2) is 7.59. The van der Waals surface area contributed by atoms with Gasteiger partial charge in [-0.05, 0) is 51.0 Å². The maximum atomic E-state index is 4.29. The topological polar surface area (TPSA) is 25.8 Å². The maximum Gasteiger partial charge on any atom is 0.0404 e. The lowest BCUT2D eigenvalue weighted by Crippen LogP contribution is -1.87. The molecule has 0 aliphatic heterocycles. The molecule has 96 valence electrons.